The van der Waals surface area contributed by atoms with E-state index in [-0.39, 0.29) is 25.4 Å². The summed E-state index contributed by atoms with van der Waals surface area (Å²) < 4.78 is 22.5. The minimum absolute atomic E-state index is 0.0573. The predicted molar refractivity (Wildman–Crippen MR) is 139 cm³/mol. The molecule has 0 bridgehead atoms. The van der Waals surface area contributed by atoms with Crippen molar-refractivity contribution in [3.8, 4) is 11.1 Å². The van der Waals surface area contributed by atoms with Crippen molar-refractivity contribution in [1.29, 1.82) is 0 Å². The quantitative estimate of drug-likeness (QED) is 0.479. The molecule has 9 nitrogen and oxygen atoms in total. The van der Waals surface area contributed by atoms with Crippen molar-refractivity contribution in [2.24, 2.45) is 0 Å². The van der Waals surface area contributed by atoms with E-state index in [9.17, 15) is 19.5 Å². The Kier molecular flexibility index (Phi) is 7.80. The summed E-state index contributed by atoms with van der Waals surface area (Å²) in [7, 11) is 0. The summed E-state index contributed by atoms with van der Waals surface area (Å²) in [5.41, 5.74) is 3.68. The van der Waals surface area contributed by atoms with Crippen molar-refractivity contribution in [3.05, 3.63) is 59.7 Å². The van der Waals surface area contributed by atoms with Crippen molar-refractivity contribution in [2.45, 2.75) is 83.0 Å². The Balaban J connectivity index is 1.47. The van der Waals surface area contributed by atoms with Gasteiger partial charge in [-0.25, -0.2) is 9.59 Å². The van der Waals surface area contributed by atoms with Gasteiger partial charge < -0.3 is 29.4 Å². The summed E-state index contributed by atoms with van der Waals surface area (Å²) in [6.07, 6.45) is -3.09. The van der Waals surface area contributed by atoms with E-state index in [1.54, 1.807) is 34.6 Å². The number of carbonyl (C=O) groups is 3. The Hall–Kier alpha value is -3.43. The molecule has 38 heavy (non-hydrogen) atoms. The number of carboxylic acid groups (broad SMARTS) is 1. The van der Waals surface area contributed by atoms with E-state index in [1.165, 1.54) is 0 Å². The van der Waals surface area contributed by atoms with Crippen LogP contribution in [0.5, 0.6) is 0 Å². The largest absolute Gasteiger partial charge is 0.479 e. The zero-order valence-corrected chi connectivity index (χ0v) is 22.4. The number of nitrogens with one attached hydrogen (secondary N) is 1. The van der Waals surface area contributed by atoms with Gasteiger partial charge in [0.05, 0.1) is 6.04 Å². The highest BCUT2D eigenvalue weighted by molar-refractivity contribution is 5.79. The molecule has 0 saturated carbocycles. The van der Waals surface area contributed by atoms with Crippen molar-refractivity contribution in [2.75, 3.05) is 6.61 Å². The first-order valence-electron chi connectivity index (χ1n) is 12.8. The van der Waals surface area contributed by atoms with Crippen LogP contribution in [0.3, 0.4) is 0 Å². The lowest BCUT2D eigenvalue weighted by Crippen LogP contribution is -2.50. The highest BCUT2D eigenvalue weighted by Crippen LogP contribution is 2.44. The van der Waals surface area contributed by atoms with Gasteiger partial charge in [0.25, 0.3) is 0 Å². The summed E-state index contributed by atoms with van der Waals surface area (Å²) in [5.74, 6) is -3.01. The topological polar surface area (TPSA) is 120 Å². The normalized spacial score (nSPS) is 20.8. The van der Waals surface area contributed by atoms with E-state index < -0.39 is 47.7 Å². The standard InChI is InChI=1S/C29H35NO8/c1-28(2,3)36-23(31)15-14-22(24-25(26(32)33)38-29(4,5)37-24)30-27(34)35-16-21-19-12-8-6-10-17(19)18-11-7-9-13-20(18)21/h6-13,21-22,24-25H,14-16H2,1-5H3,(H,30,34)(H,32,33). The molecule has 0 aromatic heterocycles. The lowest BCUT2D eigenvalue weighted by atomic mass is 9.98. The third-order valence-electron chi connectivity index (χ3n) is 6.50. The summed E-state index contributed by atoms with van der Waals surface area (Å²) >= 11 is 0. The molecule has 9 heteroatoms. The first-order chi connectivity index (χ1) is 17.8. The van der Waals surface area contributed by atoms with E-state index in [2.05, 4.69) is 5.32 Å². The Bertz CT molecular complexity index is 1160. The smallest absolute Gasteiger partial charge is 0.407 e. The molecule has 0 spiro atoms. The molecule has 4 rings (SSSR count). The van der Waals surface area contributed by atoms with Crippen LogP contribution >= 0.6 is 0 Å². The monoisotopic (exact) mass is 525 g/mol. The Morgan fingerprint density at radius 1 is 1.00 bits per heavy atom. The van der Waals surface area contributed by atoms with Gasteiger partial charge in [0.2, 0.25) is 0 Å². The third-order valence-corrected chi connectivity index (χ3v) is 6.50. The van der Waals surface area contributed by atoms with E-state index >= 15 is 0 Å². The third kappa shape index (κ3) is 6.34. The second-order valence-electron chi connectivity index (χ2n) is 11.1. The van der Waals surface area contributed by atoms with Gasteiger partial charge in [-0.05, 0) is 63.3 Å². The molecule has 2 aromatic carbocycles. The van der Waals surface area contributed by atoms with Crippen LogP contribution in [0.15, 0.2) is 48.5 Å². The van der Waals surface area contributed by atoms with Crippen LogP contribution in [-0.4, -0.2) is 59.4 Å². The van der Waals surface area contributed by atoms with Crippen LogP contribution in [0.1, 0.15) is 64.5 Å². The van der Waals surface area contributed by atoms with Gasteiger partial charge >= 0.3 is 18.0 Å². The molecule has 3 unspecified atom stereocenters. The zero-order valence-electron chi connectivity index (χ0n) is 22.4. The fourth-order valence-corrected chi connectivity index (χ4v) is 5.05. The van der Waals surface area contributed by atoms with Crippen LogP contribution in [0, 0.1) is 0 Å². The number of carboxylic acids is 1. The average molecular weight is 526 g/mol. The van der Waals surface area contributed by atoms with E-state index in [1.807, 2.05) is 48.5 Å². The Labute approximate surface area is 222 Å². The number of ether oxygens (including phenoxy) is 4. The number of esters is 1. The number of rotatable bonds is 8. The van der Waals surface area contributed by atoms with Gasteiger partial charge in [-0.3, -0.25) is 4.79 Å². The van der Waals surface area contributed by atoms with E-state index in [0.717, 1.165) is 22.3 Å². The molecule has 2 aliphatic rings. The number of benzene rings is 2. The number of alkyl carbamates (subject to hydrolysis) is 1. The number of fused-ring (bicyclic) bond motifs is 3. The molecule has 1 heterocycles. The molecule has 2 N–H and O–H groups in total. The number of amides is 1. The molecule has 1 aliphatic carbocycles. The molecule has 3 atom stereocenters. The van der Waals surface area contributed by atoms with Crippen LogP contribution in [-0.2, 0) is 28.5 Å². The second kappa shape index (κ2) is 10.7. The first-order valence-corrected chi connectivity index (χ1v) is 12.8. The fourth-order valence-electron chi connectivity index (χ4n) is 5.05. The molecule has 1 amide bonds. The maximum absolute atomic E-state index is 13.0. The number of carbonyl (C=O) groups excluding carboxylic acids is 2. The fraction of sp³-hybridized carbons (Fsp3) is 0.483. The molecular weight excluding hydrogens is 490 g/mol. The average Bonchev–Trinajstić information content (AvgIpc) is 3.33. The molecule has 204 valence electrons. The predicted octanol–water partition coefficient (Wildman–Crippen LogP) is 4.62. The Morgan fingerprint density at radius 3 is 2.13 bits per heavy atom. The summed E-state index contributed by atoms with van der Waals surface area (Å²) in [6, 6.07) is 15.1. The highest BCUT2D eigenvalue weighted by atomic mass is 16.8. The summed E-state index contributed by atoms with van der Waals surface area (Å²) in [4.78, 5) is 37.3. The maximum Gasteiger partial charge on any atom is 0.407 e. The van der Waals surface area contributed by atoms with Crippen molar-refractivity contribution >= 4 is 18.0 Å². The maximum atomic E-state index is 13.0. The summed E-state index contributed by atoms with van der Waals surface area (Å²) in [5, 5.41) is 12.5. The molecule has 2 aromatic rings. The van der Waals surface area contributed by atoms with E-state index in [0.29, 0.717) is 0 Å². The van der Waals surface area contributed by atoms with Crippen LogP contribution in [0.25, 0.3) is 11.1 Å². The van der Waals surface area contributed by atoms with Gasteiger partial charge in [0, 0.05) is 12.3 Å². The van der Waals surface area contributed by atoms with E-state index in [4.69, 9.17) is 18.9 Å². The SMILES string of the molecule is CC(C)(C)OC(=O)CCC(NC(=O)OCC1c2ccccc2-c2ccccc21)C1OC(C)(C)OC1C(=O)O. The van der Waals surface area contributed by atoms with Crippen LogP contribution in [0.2, 0.25) is 0 Å². The van der Waals surface area contributed by atoms with Crippen LogP contribution < -0.4 is 5.32 Å². The molecule has 1 fully saturated rings. The molecule has 0 radical (unpaired) electrons. The molecule has 1 aliphatic heterocycles. The first kappa shape index (κ1) is 27.6. The van der Waals surface area contributed by atoms with Crippen molar-refractivity contribution in [1.82, 2.24) is 5.32 Å². The van der Waals surface area contributed by atoms with Gasteiger partial charge in [0.1, 0.15) is 18.3 Å². The van der Waals surface area contributed by atoms with Crippen LogP contribution in [0.4, 0.5) is 4.79 Å². The minimum Gasteiger partial charge on any atom is -0.479 e. The van der Waals surface area contributed by atoms with Crippen molar-refractivity contribution in [3.63, 3.8) is 0 Å². The zero-order chi connectivity index (χ0) is 27.7. The van der Waals surface area contributed by atoms with Crippen molar-refractivity contribution < 1.29 is 38.4 Å². The minimum atomic E-state index is -1.33. The molecular formula is C29H35NO8. The highest BCUT2D eigenvalue weighted by Gasteiger charge is 2.49. The Morgan fingerprint density at radius 2 is 1.58 bits per heavy atom. The van der Waals surface area contributed by atoms with Gasteiger partial charge in [-0.1, -0.05) is 48.5 Å². The lowest BCUT2D eigenvalue weighted by molar-refractivity contribution is -0.166. The number of hydrogen-bond acceptors (Lipinski definition) is 7. The van der Waals surface area contributed by atoms with Gasteiger partial charge in [0.15, 0.2) is 11.9 Å². The lowest BCUT2D eigenvalue weighted by Gasteiger charge is -2.27. The second-order valence-corrected chi connectivity index (χ2v) is 11.1. The molecule has 1 saturated heterocycles. The van der Waals surface area contributed by atoms with Gasteiger partial charge in [-0.15, -0.1) is 0 Å². The van der Waals surface area contributed by atoms with Gasteiger partial charge in [-0.2, -0.15) is 0 Å². The number of aliphatic carboxylic acids is 1. The summed E-state index contributed by atoms with van der Waals surface area (Å²) in [6.45, 7) is 8.56. The number of hydrogen-bond donors (Lipinski definition) is 2.